The van der Waals surface area contributed by atoms with Gasteiger partial charge in [0.15, 0.2) is 0 Å². The molecule has 0 aromatic heterocycles. The van der Waals surface area contributed by atoms with Crippen LogP contribution >= 0.6 is 45.8 Å². The van der Waals surface area contributed by atoms with Gasteiger partial charge < -0.3 is 5.32 Å². The first-order chi connectivity index (χ1) is 10.6. The van der Waals surface area contributed by atoms with Gasteiger partial charge in [-0.05, 0) is 70.8 Å². The van der Waals surface area contributed by atoms with Crippen molar-refractivity contribution in [2.45, 2.75) is 18.4 Å². The van der Waals surface area contributed by atoms with Crippen molar-refractivity contribution in [3.8, 4) is 0 Å². The maximum absolute atomic E-state index is 6.46. The van der Waals surface area contributed by atoms with Crippen LogP contribution in [-0.4, -0.2) is 0 Å². The normalized spacial score (nSPS) is 25.5. The molecule has 1 aliphatic carbocycles. The first-order valence-electron chi connectivity index (χ1n) is 7.31. The van der Waals surface area contributed by atoms with Crippen LogP contribution in [0.5, 0.6) is 0 Å². The highest BCUT2D eigenvalue weighted by Gasteiger charge is 2.39. The van der Waals surface area contributed by atoms with E-state index in [0.29, 0.717) is 11.8 Å². The fraction of sp³-hybridized carbons (Fsp3) is 0.222. The molecule has 1 heterocycles. The van der Waals surface area contributed by atoms with Crippen molar-refractivity contribution in [2.75, 3.05) is 5.32 Å². The van der Waals surface area contributed by atoms with Crippen molar-refractivity contribution in [3.05, 3.63) is 73.3 Å². The van der Waals surface area contributed by atoms with E-state index in [1.165, 1.54) is 14.8 Å². The van der Waals surface area contributed by atoms with Crippen LogP contribution in [0.2, 0.25) is 10.0 Å². The van der Waals surface area contributed by atoms with Gasteiger partial charge in [-0.25, -0.2) is 0 Å². The van der Waals surface area contributed by atoms with Crippen molar-refractivity contribution in [1.82, 2.24) is 0 Å². The third-order valence-corrected chi connectivity index (χ3v) is 5.97. The topological polar surface area (TPSA) is 12.0 Å². The minimum atomic E-state index is 0.147. The largest absolute Gasteiger partial charge is 0.378 e. The molecule has 0 spiro atoms. The second kappa shape index (κ2) is 5.73. The maximum Gasteiger partial charge on any atom is 0.0583 e. The highest BCUT2D eigenvalue weighted by molar-refractivity contribution is 14.1. The van der Waals surface area contributed by atoms with Crippen LogP contribution in [-0.2, 0) is 0 Å². The van der Waals surface area contributed by atoms with E-state index < -0.39 is 0 Å². The van der Waals surface area contributed by atoms with Gasteiger partial charge in [0, 0.05) is 30.8 Å². The molecule has 0 unspecified atom stereocenters. The van der Waals surface area contributed by atoms with Crippen LogP contribution in [0.25, 0.3) is 0 Å². The zero-order valence-corrected chi connectivity index (χ0v) is 15.4. The summed E-state index contributed by atoms with van der Waals surface area (Å²) in [6.45, 7) is 0. The van der Waals surface area contributed by atoms with Crippen LogP contribution < -0.4 is 5.32 Å². The fourth-order valence-electron chi connectivity index (χ4n) is 3.66. The number of anilines is 1. The van der Waals surface area contributed by atoms with Crippen molar-refractivity contribution >= 4 is 51.5 Å². The molecule has 0 saturated heterocycles. The van der Waals surface area contributed by atoms with Gasteiger partial charge in [-0.3, -0.25) is 0 Å². The van der Waals surface area contributed by atoms with Gasteiger partial charge in [0.2, 0.25) is 0 Å². The summed E-state index contributed by atoms with van der Waals surface area (Å²) in [5.74, 6) is 0.895. The zero-order valence-electron chi connectivity index (χ0n) is 11.7. The van der Waals surface area contributed by atoms with Crippen molar-refractivity contribution < 1.29 is 0 Å². The van der Waals surface area contributed by atoms with E-state index in [-0.39, 0.29) is 6.04 Å². The Morgan fingerprint density at radius 3 is 2.64 bits per heavy atom. The van der Waals surface area contributed by atoms with Crippen LogP contribution in [0.1, 0.15) is 29.5 Å². The molecule has 0 fully saturated rings. The van der Waals surface area contributed by atoms with Gasteiger partial charge in [-0.1, -0.05) is 41.4 Å². The van der Waals surface area contributed by atoms with Crippen molar-refractivity contribution in [2.24, 2.45) is 5.92 Å². The Morgan fingerprint density at radius 2 is 1.86 bits per heavy atom. The lowest BCUT2D eigenvalue weighted by molar-refractivity contribution is 0.425. The molecule has 0 bridgehead atoms. The smallest absolute Gasteiger partial charge is 0.0583 e. The number of allylic oxidation sites excluding steroid dienone is 2. The molecular weight excluding hydrogens is 428 g/mol. The van der Waals surface area contributed by atoms with E-state index >= 15 is 0 Å². The van der Waals surface area contributed by atoms with Gasteiger partial charge in [0.25, 0.3) is 0 Å². The lowest BCUT2D eigenvalue weighted by Crippen LogP contribution is -2.29. The van der Waals surface area contributed by atoms with E-state index in [9.17, 15) is 0 Å². The molecule has 1 nitrogen and oxygen atoms in total. The van der Waals surface area contributed by atoms with E-state index in [2.05, 4.69) is 58.3 Å². The van der Waals surface area contributed by atoms with Crippen LogP contribution in [0.3, 0.4) is 0 Å². The summed E-state index contributed by atoms with van der Waals surface area (Å²) in [6, 6.07) is 12.5. The predicted octanol–water partition coefficient (Wildman–Crippen LogP) is 6.42. The summed E-state index contributed by atoms with van der Waals surface area (Å²) in [5.41, 5.74) is 3.59. The molecule has 3 atom stereocenters. The Labute approximate surface area is 153 Å². The first-order valence-corrected chi connectivity index (χ1v) is 9.15. The van der Waals surface area contributed by atoms with Gasteiger partial charge >= 0.3 is 0 Å². The Balaban J connectivity index is 1.85. The first kappa shape index (κ1) is 14.9. The van der Waals surface area contributed by atoms with Gasteiger partial charge in [0.1, 0.15) is 0 Å². The number of benzene rings is 2. The minimum Gasteiger partial charge on any atom is -0.378 e. The van der Waals surface area contributed by atoms with Gasteiger partial charge in [-0.2, -0.15) is 0 Å². The predicted molar refractivity (Wildman–Crippen MR) is 102 cm³/mol. The summed E-state index contributed by atoms with van der Waals surface area (Å²) in [4.78, 5) is 0. The van der Waals surface area contributed by atoms with Gasteiger partial charge in [-0.15, -0.1) is 0 Å². The number of hydrogen-bond acceptors (Lipinski definition) is 1. The lowest BCUT2D eigenvalue weighted by Gasteiger charge is -2.38. The highest BCUT2D eigenvalue weighted by Crippen LogP contribution is 2.52. The molecule has 0 radical (unpaired) electrons. The Kier molecular flexibility index (Phi) is 3.87. The summed E-state index contributed by atoms with van der Waals surface area (Å²) >= 11 is 15.3. The monoisotopic (exact) mass is 441 g/mol. The second-order valence-electron chi connectivity index (χ2n) is 5.84. The standard InChI is InChI=1S/C18H14Cl2IN/c19-14-5-2-6-15(20)17(14)18-12-4-1-3-11(12)13-9-10(21)7-8-16(13)22-18/h1-3,5-9,11-12,18,22H,4H2/t11-,12+,18-/m1/s1. The third-order valence-electron chi connectivity index (χ3n) is 4.64. The Morgan fingerprint density at radius 1 is 1.09 bits per heavy atom. The molecule has 0 saturated carbocycles. The van der Waals surface area contributed by atoms with Crippen molar-refractivity contribution in [3.63, 3.8) is 0 Å². The molecule has 2 aromatic carbocycles. The second-order valence-corrected chi connectivity index (χ2v) is 7.90. The molecule has 4 rings (SSSR count). The van der Waals surface area contributed by atoms with Gasteiger partial charge in [0.05, 0.1) is 6.04 Å². The fourth-order valence-corrected chi connectivity index (χ4v) is 4.81. The van der Waals surface area contributed by atoms with Crippen LogP contribution in [0, 0.1) is 9.49 Å². The summed E-state index contributed by atoms with van der Waals surface area (Å²) < 4.78 is 1.27. The van der Waals surface area contributed by atoms with Crippen molar-refractivity contribution in [1.29, 1.82) is 0 Å². The van der Waals surface area contributed by atoms with Crippen LogP contribution in [0.4, 0.5) is 5.69 Å². The molecule has 2 aromatic rings. The summed E-state index contributed by atoms with van der Waals surface area (Å²) in [5, 5.41) is 5.16. The zero-order chi connectivity index (χ0) is 15.3. The molecule has 0 amide bonds. The molecule has 1 N–H and O–H groups in total. The van der Waals surface area contributed by atoms with E-state index in [4.69, 9.17) is 23.2 Å². The minimum absolute atomic E-state index is 0.147. The molecule has 112 valence electrons. The number of halogens is 3. The molecular formula is C18H14Cl2IN. The molecule has 22 heavy (non-hydrogen) atoms. The Hall–Kier alpha value is -0.710. The van der Waals surface area contributed by atoms with E-state index in [1.807, 2.05) is 18.2 Å². The summed E-state index contributed by atoms with van der Waals surface area (Å²) in [7, 11) is 0. The highest BCUT2D eigenvalue weighted by atomic mass is 127. The lowest BCUT2D eigenvalue weighted by atomic mass is 9.77. The summed E-state index contributed by atoms with van der Waals surface area (Å²) in [6.07, 6.45) is 5.66. The SMILES string of the molecule is Clc1cccc(Cl)c1[C@@H]1Nc2ccc(I)cc2[C@@H]2C=CC[C@@H]21. The Bertz CT molecular complexity index is 751. The number of hydrogen-bond donors (Lipinski definition) is 1. The molecule has 2 aliphatic rings. The maximum atomic E-state index is 6.46. The average molecular weight is 442 g/mol. The van der Waals surface area contributed by atoms with E-state index in [1.54, 1.807) is 0 Å². The molecule has 4 heteroatoms. The van der Waals surface area contributed by atoms with E-state index in [0.717, 1.165) is 22.0 Å². The average Bonchev–Trinajstić information content (AvgIpc) is 2.97. The third kappa shape index (κ3) is 2.36. The van der Waals surface area contributed by atoms with Crippen LogP contribution in [0.15, 0.2) is 48.6 Å². The number of rotatable bonds is 1. The molecule has 1 aliphatic heterocycles. The quantitative estimate of drug-likeness (QED) is 0.397. The number of fused-ring (bicyclic) bond motifs is 3. The number of nitrogens with one attached hydrogen (secondary N) is 1.